The third-order valence-electron chi connectivity index (χ3n) is 0.745. The molecule has 0 aromatic heterocycles. The van der Waals surface area contributed by atoms with Crippen molar-refractivity contribution in [1.29, 1.82) is 0 Å². The maximum Gasteiger partial charge on any atom is 0.262 e. The van der Waals surface area contributed by atoms with Gasteiger partial charge in [0.15, 0.2) is 5.78 Å². The molecular formula is C6H7NO3. The summed E-state index contributed by atoms with van der Waals surface area (Å²) < 4.78 is 0. The van der Waals surface area contributed by atoms with E-state index >= 15 is 0 Å². The molecule has 0 spiro atoms. The summed E-state index contributed by atoms with van der Waals surface area (Å²) >= 11 is 0. The number of hydrogen-bond donors (Lipinski definition) is 0. The van der Waals surface area contributed by atoms with Crippen LogP contribution in [-0.4, -0.2) is 10.7 Å². The van der Waals surface area contributed by atoms with Gasteiger partial charge in [0.2, 0.25) is 0 Å². The minimum absolute atomic E-state index is 0.233. The molecule has 0 amide bonds. The Labute approximate surface area is 58.0 Å². The maximum absolute atomic E-state index is 10.2. The highest BCUT2D eigenvalue weighted by molar-refractivity contribution is 5.87. The molecule has 0 saturated carbocycles. The molecule has 0 fully saturated rings. The third kappa shape index (κ3) is 3.54. The van der Waals surface area contributed by atoms with Gasteiger partial charge in [0.25, 0.3) is 5.70 Å². The topological polar surface area (TPSA) is 60.2 Å². The Kier molecular flexibility index (Phi) is 3.04. The van der Waals surface area contributed by atoms with E-state index in [1.54, 1.807) is 0 Å². The van der Waals surface area contributed by atoms with Crippen LogP contribution in [0.15, 0.2) is 24.4 Å². The first-order valence-electron chi connectivity index (χ1n) is 2.56. The van der Waals surface area contributed by atoms with Gasteiger partial charge < -0.3 is 0 Å². The van der Waals surface area contributed by atoms with E-state index in [-0.39, 0.29) is 11.5 Å². The van der Waals surface area contributed by atoms with E-state index in [1.807, 2.05) is 0 Å². The molecule has 0 aliphatic carbocycles. The Bertz CT molecular complexity index is 205. The lowest BCUT2D eigenvalue weighted by molar-refractivity contribution is -0.418. The zero-order valence-corrected chi connectivity index (χ0v) is 5.53. The van der Waals surface area contributed by atoms with Crippen molar-refractivity contribution in [2.45, 2.75) is 6.92 Å². The van der Waals surface area contributed by atoms with Crippen LogP contribution in [0.4, 0.5) is 0 Å². The van der Waals surface area contributed by atoms with E-state index in [2.05, 4.69) is 6.58 Å². The monoisotopic (exact) mass is 141 g/mol. The lowest BCUT2D eigenvalue weighted by atomic mass is 10.3. The molecule has 0 aliphatic heterocycles. The van der Waals surface area contributed by atoms with Gasteiger partial charge in [0.1, 0.15) is 0 Å². The second-order valence-electron chi connectivity index (χ2n) is 1.69. The molecule has 0 aromatic rings. The highest BCUT2D eigenvalue weighted by Crippen LogP contribution is 1.92. The molecular weight excluding hydrogens is 134 g/mol. The number of hydrogen-bond acceptors (Lipinski definition) is 3. The van der Waals surface area contributed by atoms with E-state index in [0.29, 0.717) is 0 Å². The van der Waals surface area contributed by atoms with Gasteiger partial charge in [-0.15, -0.1) is 0 Å². The molecule has 0 rings (SSSR count). The van der Waals surface area contributed by atoms with Crippen LogP contribution in [0.5, 0.6) is 0 Å². The molecule has 54 valence electrons. The zero-order valence-electron chi connectivity index (χ0n) is 5.53. The molecule has 0 saturated heterocycles. The fourth-order valence-corrected chi connectivity index (χ4v) is 0.274. The van der Waals surface area contributed by atoms with Gasteiger partial charge in [-0.3, -0.25) is 14.9 Å². The van der Waals surface area contributed by atoms with Crippen molar-refractivity contribution in [3.8, 4) is 0 Å². The lowest BCUT2D eigenvalue weighted by Gasteiger charge is -1.83. The van der Waals surface area contributed by atoms with Gasteiger partial charge in [-0.25, -0.2) is 0 Å². The van der Waals surface area contributed by atoms with Crippen LogP contribution in [0.3, 0.4) is 0 Å². The smallest absolute Gasteiger partial charge is 0.262 e. The minimum Gasteiger partial charge on any atom is -0.295 e. The maximum atomic E-state index is 10.2. The fourth-order valence-electron chi connectivity index (χ4n) is 0.274. The zero-order chi connectivity index (χ0) is 8.15. The summed E-state index contributed by atoms with van der Waals surface area (Å²) in [5.41, 5.74) is -0.282. The molecule has 4 nitrogen and oxygen atoms in total. The normalized spacial score (nSPS) is 9.70. The van der Waals surface area contributed by atoms with Crippen molar-refractivity contribution in [2.24, 2.45) is 0 Å². The summed E-state index contributed by atoms with van der Waals surface area (Å²) in [5, 5.41) is 9.86. The number of nitrogens with zero attached hydrogens (tertiary/aromatic N) is 1. The standard InChI is InChI=1S/C6H7NO3/c1-5(7(9)10)3-4-6(2)8/h3-4H,1H2,2H3. The molecule has 0 aromatic carbocycles. The summed E-state index contributed by atoms with van der Waals surface area (Å²) in [5.74, 6) is -0.233. The minimum atomic E-state index is -0.653. The predicted octanol–water partition coefficient (Wildman–Crippen LogP) is 0.922. The predicted molar refractivity (Wildman–Crippen MR) is 36.0 cm³/mol. The average Bonchev–Trinajstić information content (AvgIpc) is 1.82. The van der Waals surface area contributed by atoms with Crippen LogP contribution < -0.4 is 0 Å². The highest BCUT2D eigenvalue weighted by Gasteiger charge is 1.98. The first-order valence-corrected chi connectivity index (χ1v) is 2.56. The lowest BCUT2D eigenvalue weighted by Crippen LogP contribution is -1.93. The fraction of sp³-hybridized carbons (Fsp3) is 0.167. The number of ketones is 1. The molecule has 10 heavy (non-hydrogen) atoms. The van der Waals surface area contributed by atoms with Crippen molar-refractivity contribution in [3.05, 3.63) is 34.5 Å². The van der Waals surface area contributed by atoms with Gasteiger partial charge >= 0.3 is 0 Å². The summed E-state index contributed by atoms with van der Waals surface area (Å²) in [4.78, 5) is 19.4. The number of nitro groups is 1. The number of carbonyl (C=O) groups excluding carboxylic acids is 1. The summed E-state index contributed by atoms with van der Waals surface area (Å²) in [6.45, 7) is 4.40. The van der Waals surface area contributed by atoms with Crippen LogP contribution in [0.1, 0.15) is 6.92 Å². The second-order valence-corrected chi connectivity index (χ2v) is 1.69. The van der Waals surface area contributed by atoms with Crippen LogP contribution >= 0.6 is 0 Å². The Morgan fingerprint density at radius 2 is 2.10 bits per heavy atom. The van der Waals surface area contributed by atoms with Gasteiger partial charge in [-0.2, -0.15) is 0 Å². The van der Waals surface area contributed by atoms with Crippen molar-refractivity contribution in [3.63, 3.8) is 0 Å². The van der Waals surface area contributed by atoms with E-state index in [9.17, 15) is 14.9 Å². The second kappa shape index (κ2) is 3.55. The molecule has 0 unspecified atom stereocenters. The molecule has 0 atom stereocenters. The van der Waals surface area contributed by atoms with Crippen LogP contribution in [0.25, 0.3) is 0 Å². The third-order valence-corrected chi connectivity index (χ3v) is 0.745. The first-order chi connectivity index (χ1) is 4.54. The van der Waals surface area contributed by atoms with E-state index in [1.165, 1.54) is 6.92 Å². The van der Waals surface area contributed by atoms with E-state index in [4.69, 9.17) is 0 Å². The Balaban J connectivity index is 4.03. The Morgan fingerprint density at radius 1 is 1.60 bits per heavy atom. The average molecular weight is 141 g/mol. The van der Waals surface area contributed by atoms with Crippen LogP contribution in [-0.2, 0) is 4.79 Å². The molecule has 0 radical (unpaired) electrons. The molecule has 4 heteroatoms. The van der Waals surface area contributed by atoms with Crippen molar-refractivity contribution < 1.29 is 9.72 Å². The van der Waals surface area contributed by atoms with E-state index in [0.717, 1.165) is 12.2 Å². The first kappa shape index (κ1) is 8.55. The number of carbonyl (C=O) groups is 1. The van der Waals surface area contributed by atoms with Crippen LogP contribution in [0.2, 0.25) is 0 Å². The molecule has 0 N–H and O–H groups in total. The van der Waals surface area contributed by atoms with Crippen LogP contribution in [0, 0.1) is 10.1 Å². The Morgan fingerprint density at radius 3 is 2.40 bits per heavy atom. The number of allylic oxidation sites excluding steroid dienone is 2. The van der Waals surface area contributed by atoms with Crippen molar-refractivity contribution >= 4 is 5.78 Å². The summed E-state index contributed by atoms with van der Waals surface area (Å²) in [6, 6.07) is 0. The van der Waals surface area contributed by atoms with Gasteiger partial charge in [0.05, 0.1) is 4.92 Å². The van der Waals surface area contributed by atoms with Gasteiger partial charge in [-0.1, -0.05) is 0 Å². The largest absolute Gasteiger partial charge is 0.295 e. The number of rotatable bonds is 3. The summed E-state index contributed by atoms with van der Waals surface area (Å²) in [6.07, 6.45) is 2.17. The molecule has 0 aliphatic rings. The van der Waals surface area contributed by atoms with Gasteiger partial charge in [-0.05, 0) is 19.6 Å². The molecule has 0 heterocycles. The highest BCUT2D eigenvalue weighted by atomic mass is 16.6. The SMILES string of the molecule is C=C(C=CC(C)=O)[N+](=O)[O-]. The van der Waals surface area contributed by atoms with Crippen molar-refractivity contribution in [1.82, 2.24) is 0 Å². The van der Waals surface area contributed by atoms with E-state index < -0.39 is 4.92 Å². The van der Waals surface area contributed by atoms with Gasteiger partial charge in [0, 0.05) is 6.08 Å². The van der Waals surface area contributed by atoms with Crippen molar-refractivity contribution in [2.75, 3.05) is 0 Å². The Hall–Kier alpha value is -1.45. The summed E-state index contributed by atoms with van der Waals surface area (Å²) in [7, 11) is 0. The molecule has 0 bridgehead atoms. The quantitative estimate of drug-likeness (QED) is 0.254.